The minimum atomic E-state index is -0.796. The van der Waals surface area contributed by atoms with Crippen LogP contribution in [0.3, 0.4) is 0 Å². The molecule has 0 radical (unpaired) electrons. The molecule has 0 unspecified atom stereocenters. The number of ether oxygens (including phenoxy) is 3. The normalized spacial score (nSPS) is 12.7. The van der Waals surface area contributed by atoms with Crippen LogP contribution in [0.4, 0.5) is 0 Å². The van der Waals surface area contributed by atoms with Crippen LogP contribution >= 0.6 is 0 Å². The highest BCUT2D eigenvalue weighted by Crippen LogP contribution is 2.14. The Kier molecular flexibility index (Phi) is 54.3. The Bertz CT molecular complexity index is 1330. The predicted molar refractivity (Wildman–Crippen MR) is 297 cm³/mol. The lowest BCUT2D eigenvalue weighted by Crippen LogP contribution is -2.30. The van der Waals surface area contributed by atoms with Crippen LogP contribution in [0, 0.1) is 0 Å². The summed E-state index contributed by atoms with van der Waals surface area (Å²) in [6, 6.07) is 0. The molecule has 1 atom stereocenters. The molecule has 0 rings (SSSR count). The summed E-state index contributed by atoms with van der Waals surface area (Å²) in [4.78, 5) is 38.2. The molecule has 396 valence electrons. The van der Waals surface area contributed by atoms with Gasteiger partial charge >= 0.3 is 17.9 Å². The molecule has 0 aromatic rings. The van der Waals surface area contributed by atoms with E-state index in [1.807, 2.05) is 0 Å². The SMILES string of the molecule is CCCCC/C=C\C/C=C\C/C=C\C/C=C\CCCCCC(=O)OC[C@H](COC(=O)CCCCCCCCC/C=C\C/C=C\CCCCC)OC(=O)CCCCCCCCC/C=C\CCCCCC. The average molecular weight is 962 g/mol. The monoisotopic (exact) mass is 961 g/mol. The van der Waals surface area contributed by atoms with Crippen LogP contribution in [0.1, 0.15) is 278 Å². The Morgan fingerprint density at radius 3 is 0.870 bits per heavy atom. The molecule has 0 heterocycles. The van der Waals surface area contributed by atoms with Gasteiger partial charge in [0, 0.05) is 19.3 Å². The highest BCUT2D eigenvalue weighted by molar-refractivity contribution is 5.71. The topological polar surface area (TPSA) is 78.9 Å². The summed E-state index contributed by atoms with van der Waals surface area (Å²) in [5, 5.41) is 0. The van der Waals surface area contributed by atoms with Gasteiger partial charge in [0.15, 0.2) is 6.10 Å². The molecule has 0 aromatic heterocycles. The maximum atomic E-state index is 12.9. The number of allylic oxidation sites excluding steroid dienone is 14. The maximum absolute atomic E-state index is 12.9. The van der Waals surface area contributed by atoms with Gasteiger partial charge in [-0.05, 0) is 122 Å². The summed E-state index contributed by atoms with van der Waals surface area (Å²) in [5.41, 5.74) is 0. The largest absolute Gasteiger partial charge is 0.462 e. The van der Waals surface area contributed by atoms with Gasteiger partial charge in [0.1, 0.15) is 13.2 Å². The van der Waals surface area contributed by atoms with E-state index >= 15 is 0 Å². The van der Waals surface area contributed by atoms with Gasteiger partial charge in [0.25, 0.3) is 0 Å². The molecular formula is C63H108O6. The first-order chi connectivity index (χ1) is 34.0. The smallest absolute Gasteiger partial charge is 0.306 e. The zero-order chi connectivity index (χ0) is 50.0. The second kappa shape index (κ2) is 57.2. The summed E-state index contributed by atoms with van der Waals surface area (Å²) in [5.74, 6) is -0.930. The van der Waals surface area contributed by atoms with Crippen molar-refractivity contribution in [2.45, 2.75) is 284 Å². The third kappa shape index (κ3) is 55.4. The molecule has 0 bridgehead atoms. The molecule has 0 aliphatic carbocycles. The molecule has 0 fully saturated rings. The lowest BCUT2D eigenvalue weighted by atomic mass is 10.1. The second-order valence-corrected chi connectivity index (χ2v) is 19.2. The van der Waals surface area contributed by atoms with Gasteiger partial charge in [-0.3, -0.25) is 14.4 Å². The van der Waals surface area contributed by atoms with Crippen molar-refractivity contribution in [2.24, 2.45) is 0 Å². The first-order valence-electron chi connectivity index (χ1n) is 29.1. The number of hydrogen-bond donors (Lipinski definition) is 0. The van der Waals surface area contributed by atoms with E-state index < -0.39 is 6.10 Å². The highest BCUT2D eigenvalue weighted by atomic mass is 16.6. The van der Waals surface area contributed by atoms with Crippen molar-refractivity contribution in [3.63, 3.8) is 0 Å². The highest BCUT2D eigenvalue weighted by Gasteiger charge is 2.19. The molecule has 6 nitrogen and oxygen atoms in total. The number of carbonyl (C=O) groups is 3. The molecule has 0 aliphatic rings. The molecule has 0 spiro atoms. The average Bonchev–Trinajstić information content (AvgIpc) is 3.35. The summed E-state index contributed by atoms with van der Waals surface area (Å²) in [6.07, 6.45) is 74.2. The number of carbonyl (C=O) groups excluding carboxylic acids is 3. The fourth-order valence-electron chi connectivity index (χ4n) is 7.92. The first-order valence-corrected chi connectivity index (χ1v) is 29.1. The van der Waals surface area contributed by atoms with Crippen LogP contribution in [0.15, 0.2) is 85.1 Å². The van der Waals surface area contributed by atoms with E-state index in [4.69, 9.17) is 14.2 Å². The molecular weight excluding hydrogens is 853 g/mol. The van der Waals surface area contributed by atoms with Gasteiger partial charge in [0.05, 0.1) is 0 Å². The van der Waals surface area contributed by atoms with Crippen LogP contribution in [0.25, 0.3) is 0 Å². The van der Waals surface area contributed by atoms with Crippen molar-refractivity contribution in [1.82, 2.24) is 0 Å². The molecule has 6 heteroatoms. The number of esters is 3. The molecule has 0 aliphatic heterocycles. The fourth-order valence-corrected chi connectivity index (χ4v) is 7.92. The van der Waals surface area contributed by atoms with Crippen LogP contribution in [0.5, 0.6) is 0 Å². The van der Waals surface area contributed by atoms with Crippen LogP contribution in [0.2, 0.25) is 0 Å². The Morgan fingerprint density at radius 1 is 0.290 bits per heavy atom. The van der Waals surface area contributed by atoms with Gasteiger partial charge in [-0.25, -0.2) is 0 Å². The molecule has 0 amide bonds. The summed E-state index contributed by atoms with van der Waals surface area (Å²) in [7, 11) is 0. The van der Waals surface area contributed by atoms with E-state index in [9.17, 15) is 14.4 Å². The van der Waals surface area contributed by atoms with Crippen LogP contribution in [-0.2, 0) is 28.6 Å². The van der Waals surface area contributed by atoms with Gasteiger partial charge in [0.2, 0.25) is 0 Å². The van der Waals surface area contributed by atoms with Crippen molar-refractivity contribution < 1.29 is 28.6 Å². The van der Waals surface area contributed by atoms with Crippen LogP contribution < -0.4 is 0 Å². The van der Waals surface area contributed by atoms with Gasteiger partial charge in [-0.15, -0.1) is 0 Å². The fraction of sp³-hybridized carbons (Fsp3) is 0.730. The predicted octanol–water partition coefficient (Wildman–Crippen LogP) is 19.5. The summed E-state index contributed by atoms with van der Waals surface area (Å²) in [6.45, 7) is 6.55. The molecule has 0 saturated carbocycles. The van der Waals surface area contributed by atoms with E-state index in [2.05, 4.69) is 106 Å². The number of unbranched alkanes of at least 4 members (excludes halogenated alkanes) is 27. The zero-order valence-corrected chi connectivity index (χ0v) is 45.3. The zero-order valence-electron chi connectivity index (χ0n) is 45.3. The third-order valence-electron chi connectivity index (χ3n) is 12.3. The minimum Gasteiger partial charge on any atom is -0.462 e. The lowest BCUT2D eigenvalue weighted by Gasteiger charge is -2.18. The van der Waals surface area contributed by atoms with E-state index in [1.165, 1.54) is 141 Å². The number of rotatable bonds is 52. The minimum absolute atomic E-state index is 0.0926. The third-order valence-corrected chi connectivity index (χ3v) is 12.3. The summed E-state index contributed by atoms with van der Waals surface area (Å²) < 4.78 is 16.8. The molecule has 0 saturated heterocycles. The maximum Gasteiger partial charge on any atom is 0.306 e. The molecule has 69 heavy (non-hydrogen) atoms. The van der Waals surface area contributed by atoms with Crippen LogP contribution in [-0.4, -0.2) is 37.2 Å². The number of hydrogen-bond acceptors (Lipinski definition) is 6. The van der Waals surface area contributed by atoms with Gasteiger partial charge < -0.3 is 14.2 Å². The quantitative estimate of drug-likeness (QED) is 0.0262. The van der Waals surface area contributed by atoms with Gasteiger partial charge in [-0.2, -0.15) is 0 Å². The summed E-state index contributed by atoms with van der Waals surface area (Å²) >= 11 is 0. The first kappa shape index (κ1) is 65.6. The second-order valence-electron chi connectivity index (χ2n) is 19.2. The Hall–Kier alpha value is -3.41. The Morgan fingerprint density at radius 2 is 0.522 bits per heavy atom. The van der Waals surface area contributed by atoms with Gasteiger partial charge in [-0.1, -0.05) is 221 Å². The van der Waals surface area contributed by atoms with Crippen molar-refractivity contribution >= 4 is 17.9 Å². The van der Waals surface area contributed by atoms with Crippen molar-refractivity contribution in [1.29, 1.82) is 0 Å². The standard InChI is InChI=1S/C63H108O6/c1-4-7-10-13-16-19-22-25-28-30-31-33-36-38-41-44-47-50-53-56-62(65)68-59-60(69-63(66)57-54-51-48-45-42-39-34-27-24-21-18-15-12-9-6-3)58-67-61(64)55-52-49-46-43-40-37-35-32-29-26-23-20-17-14-11-8-5-2/h16-17,19-21,24-26,28-29,31,33,38,41,60H,4-15,18,22-23,27,30,32,34-37,39-40,42-59H2,1-3H3/b19-16-,20-17-,24-21-,28-25-,29-26-,33-31-,41-38-/t60-/m0/s1. The van der Waals surface area contributed by atoms with E-state index in [0.29, 0.717) is 19.3 Å². The van der Waals surface area contributed by atoms with Crippen molar-refractivity contribution in [3.05, 3.63) is 85.1 Å². The molecule has 0 aromatic carbocycles. The Labute approximate surface area is 426 Å². The molecule has 0 N–H and O–H groups in total. The van der Waals surface area contributed by atoms with Crippen molar-refractivity contribution in [3.8, 4) is 0 Å². The van der Waals surface area contributed by atoms with E-state index in [1.54, 1.807) is 0 Å². The Balaban J connectivity index is 4.46. The van der Waals surface area contributed by atoms with E-state index in [-0.39, 0.29) is 31.1 Å². The van der Waals surface area contributed by atoms with Crippen molar-refractivity contribution in [2.75, 3.05) is 13.2 Å². The lowest BCUT2D eigenvalue weighted by molar-refractivity contribution is -0.167. The van der Waals surface area contributed by atoms with E-state index in [0.717, 1.165) is 96.3 Å².